The summed E-state index contributed by atoms with van der Waals surface area (Å²) in [6.45, 7) is 3.46. The first-order chi connectivity index (χ1) is 26.8. The molecular weight excluding hydrogens is 713 g/mol. The van der Waals surface area contributed by atoms with E-state index >= 15 is 0 Å². The fourth-order valence-corrected chi connectivity index (χ4v) is 6.35. The number of nitrogens with one attached hydrogen (secondary N) is 1. The molecule has 0 spiro atoms. The lowest BCUT2D eigenvalue weighted by atomic mass is 10.1. The van der Waals surface area contributed by atoms with Crippen molar-refractivity contribution in [2.24, 2.45) is 0 Å². The van der Waals surface area contributed by atoms with Gasteiger partial charge in [-0.3, -0.25) is 18.6 Å². The third-order valence-electron chi connectivity index (χ3n) is 8.92. The number of amides is 1. The largest absolute Gasteiger partial charge is 0.472 e. The van der Waals surface area contributed by atoms with Crippen LogP contribution in [0, 0.1) is 0 Å². The van der Waals surface area contributed by atoms with Gasteiger partial charge in [0.05, 0.1) is 13.2 Å². The van der Waals surface area contributed by atoms with Gasteiger partial charge in [0.25, 0.3) is 0 Å². The lowest BCUT2D eigenvalue weighted by molar-refractivity contribution is -0.147. The van der Waals surface area contributed by atoms with Gasteiger partial charge in [-0.15, -0.1) is 0 Å². The number of aliphatic hydroxyl groups is 1. The van der Waals surface area contributed by atoms with Crippen LogP contribution in [-0.4, -0.2) is 54.3 Å². The quantitative estimate of drug-likeness (QED) is 0.0242. The Kier molecular flexibility index (Phi) is 39.6. The molecule has 0 saturated heterocycles. The molecule has 0 radical (unpaired) electrons. The highest BCUT2D eigenvalue weighted by atomic mass is 31.2. The van der Waals surface area contributed by atoms with E-state index in [1.807, 2.05) is 0 Å². The molecule has 318 valence electrons. The standard InChI is InChI=1S/C45H80NO8P/c1-3-5-7-9-11-13-15-17-19-20-21-22-24-25-27-29-31-33-35-37-44(48)46-39-40-53-55(50,51)54-42-43(47)41-52-45(49)38-36-34-32-30-28-26-23-18-16-14-12-10-8-6-4-2/h11,13,17-19,21-23,25,27,43,47H,3-10,12,14-16,20,24,26,28-42H2,1-2H3,(H,46,48)(H,50,51)/b13-11-,19-17-,22-21-,23-18-,27-25-. The summed E-state index contributed by atoms with van der Waals surface area (Å²) in [6, 6.07) is 0. The number of allylic oxidation sites excluding steroid dienone is 10. The van der Waals surface area contributed by atoms with Gasteiger partial charge in [-0.2, -0.15) is 0 Å². The smallest absolute Gasteiger partial charge is 0.463 e. The molecule has 0 rings (SSSR count). The number of hydrogen-bond donors (Lipinski definition) is 3. The number of unbranched alkanes of at least 4 members (excludes halogenated alkanes) is 17. The van der Waals surface area contributed by atoms with Gasteiger partial charge in [0.1, 0.15) is 12.7 Å². The van der Waals surface area contributed by atoms with Gasteiger partial charge < -0.3 is 20.1 Å². The monoisotopic (exact) mass is 794 g/mol. The van der Waals surface area contributed by atoms with Crippen molar-refractivity contribution < 1.29 is 37.9 Å². The number of carbonyl (C=O) groups is 2. The van der Waals surface area contributed by atoms with E-state index in [0.29, 0.717) is 6.42 Å². The maximum absolute atomic E-state index is 12.1. The molecule has 0 aliphatic carbocycles. The van der Waals surface area contributed by atoms with Gasteiger partial charge in [0, 0.05) is 19.4 Å². The number of esters is 1. The normalized spacial score (nSPS) is 13.9. The topological polar surface area (TPSA) is 131 Å². The highest BCUT2D eigenvalue weighted by molar-refractivity contribution is 7.47. The van der Waals surface area contributed by atoms with Crippen molar-refractivity contribution in [3.05, 3.63) is 60.8 Å². The lowest BCUT2D eigenvalue weighted by Crippen LogP contribution is -2.27. The van der Waals surface area contributed by atoms with Crippen LogP contribution in [0.1, 0.15) is 181 Å². The first-order valence-corrected chi connectivity index (χ1v) is 23.3. The lowest BCUT2D eigenvalue weighted by Gasteiger charge is -2.15. The summed E-state index contributed by atoms with van der Waals surface area (Å²) < 4.78 is 26.8. The van der Waals surface area contributed by atoms with Crippen LogP contribution in [0.2, 0.25) is 0 Å². The van der Waals surface area contributed by atoms with Crippen LogP contribution in [0.15, 0.2) is 60.8 Å². The van der Waals surface area contributed by atoms with Crippen LogP contribution in [0.3, 0.4) is 0 Å². The van der Waals surface area contributed by atoms with E-state index < -0.39 is 26.5 Å². The Balaban J connectivity index is 3.68. The molecule has 9 nitrogen and oxygen atoms in total. The molecule has 0 aliphatic rings. The molecular formula is C45H80NO8P. The molecule has 2 atom stereocenters. The molecule has 0 aromatic rings. The molecule has 0 aromatic carbocycles. The van der Waals surface area contributed by atoms with Gasteiger partial charge >= 0.3 is 13.8 Å². The Labute approximate surface area is 336 Å². The number of rotatable bonds is 40. The predicted molar refractivity (Wildman–Crippen MR) is 229 cm³/mol. The van der Waals surface area contributed by atoms with Gasteiger partial charge in [-0.25, -0.2) is 4.57 Å². The molecule has 55 heavy (non-hydrogen) atoms. The molecule has 0 aromatic heterocycles. The van der Waals surface area contributed by atoms with Crippen molar-refractivity contribution in [1.82, 2.24) is 5.32 Å². The average Bonchev–Trinajstić information content (AvgIpc) is 3.17. The minimum Gasteiger partial charge on any atom is -0.463 e. The Morgan fingerprint density at radius 3 is 1.55 bits per heavy atom. The van der Waals surface area contributed by atoms with E-state index in [9.17, 15) is 24.2 Å². The number of ether oxygens (including phenoxy) is 1. The predicted octanol–water partition coefficient (Wildman–Crippen LogP) is 12.1. The van der Waals surface area contributed by atoms with Crippen molar-refractivity contribution in [1.29, 1.82) is 0 Å². The zero-order valence-corrected chi connectivity index (χ0v) is 35.7. The number of carbonyl (C=O) groups excluding carboxylic acids is 2. The fraction of sp³-hybridized carbons (Fsp3) is 0.733. The summed E-state index contributed by atoms with van der Waals surface area (Å²) in [7, 11) is -4.43. The van der Waals surface area contributed by atoms with E-state index in [1.165, 1.54) is 70.6 Å². The van der Waals surface area contributed by atoms with Crippen LogP contribution in [-0.2, 0) is 27.9 Å². The average molecular weight is 794 g/mol. The molecule has 3 N–H and O–H groups in total. The van der Waals surface area contributed by atoms with Crippen LogP contribution >= 0.6 is 7.82 Å². The Bertz CT molecular complexity index is 1090. The highest BCUT2D eigenvalue weighted by Crippen LogP contribution is 2.42. The maximum atomic E-state index is 12.1. The first kappa shape index (κ1) is 52.7. The number of hydrogen-bond acceptors (Lipinski definition) is 7. The second-order valence-corrected chi connectivity index (χ2v) is 15.8. The summed E-state index contributed by atoms with van der Waals surface area (Å²) in [6.07, 6.45) is 48.6. The van der Waals surface area contributed by atoms with Crippen LogP contribution in [0.25, 0.3) is 0 Å². The summed E-state index contributed by atoms with van der Waals surface area (Å²) in [4.78, 5) is 33.9. The third-order valence-corrected chi connectivity index (χ3v) is 9.90. The minimum atomic E-state index is -4.43. The fourth-order valence-electron chi connectivity index (χ4n) is 5.59. The van der Waals surface area contributed by atoms with Crippen molar-refractivity contribution in [3.63, 3.8) is 0 Å². The van der Waals surface area contributed by atoms with E-state index in [-0.39, 0.29) is 32.1 Å². The molecule has 10 heteroatoms. The van der Waals surface area contributed by atoms with Gasteiger partial charge in [-0.05, 0) is 83.5 Å². The summed E-state index contributed by atoms with van der Waals surface area (Å²) in [5.74, 6) is -0.559. The van der Waals surface area contributed by atoms with Crippen LogP contribution in [0.5, 0.6) is 0 Å². The number of phosphoric acid groups is 1. The van der Waals surface area contributed by atoms with Crippen molar-refractivity contribution in [3.8, 4) is 0 Å². The number of phosphoric ester groups is 1. The molecule has 0 bridgehead atoms. The van der Waals surface area contributed by atoms with Crippen molar-refractivity contribution in [2.75, 3.05) is 26.4 Å². The molecule has 0 fully saturated rings. The Morgan fingerprint density at radius 1 is 0.564 bits per heavy atom. The van der Waals surface area contributed by atoms with Crippen LogP contribution in [0.4, 0.5) is 0 Å². The van der Waals surface area contributed by atoms with Crippen LogP contribution < -0.4 is 5.32 Å². The molecule has 0 saturated carbocycles. The van der Waals surface area contributed by atoms with Gasteiger partial charge in [0.2, 0.25) is 5.91 Å². The summed E-state index contributed by atoms with van der Waals surface area (Å²) in [5.41, 5.74) is 0. The van der Waals surface area contributed by atoms with E-state index in [2.05, 4.69) is 79.9 Å². The molecule has 1 amide bonds. The second-order valence-electron chi connectivity index (χ2n) is 14.3. The molecule has 2 unspecified atom stereocenters. The Hall–Kier alpha value is -2.29. The van der Waals surface area contributed by atoms with E-state index in [4.69, 9.17) is 13.8 Å². The van der Waals surface area contributed by atoms with E-state index in [0.717, 1.165) is 83.5 Å². The first-order valence-electron chi connectivity index (χ1n) is 21.8. The molecule has 0 aliphatic heterocycles. The highest BCUT2D eigenvalue weighted by Gasteiger charge is 2.23. The van der Waals surface area contributed by atoms with Gasteiger partial charge in [0.15, 0.2) is 0 Å². The van der Waals surface area contributed by atoms with Gasteiger partial charge in [-0.1, -0.05) is 145 Å². The second kappa shape index (κ2) is 41.3. The van der Waals surface area contributed by atoms with Crippen molar-refractivity contribution >= 4 is 19.7 Å². The zero-order valence-electron chi connectivity index (χ0n) is 34.9. The SMILES string of the molecule is CCCCC/C=C\C/C=C\C/C=C\C/C=C\CCCCCC(=O)NCCOP(=O)(O)OCC(O)COC(=O)CCCCCCC/C=C\CCCCCCCC. The molecule has 0 heterocycles. The number of aliphatic hydroxyl groups excluding tert-OH is 1. The summed E-state index contributed by atoms with van der Waals surface area (Å²) in [5, 5.41) is 12.7. The zero-order chi connectivity index (χ0) is 40.3. The van der Waals surface area contributed by atoms with Crippen molar-refractivity contribution in [2.45, 2.75) is 187 Å². The maximum Gasteiger partial charge on any atom is 0.472 e. The minimum absolute atomic E-state index is 0.0610. The Morgan fingerprint density at radius 2 is 0.982 bits per heavy atom. The summed E-state index contributed by atoms with van der Waals surface area (Å²) >= 11 is 0. The third kappa shape index (κ3) is 42.7. The van der Waals surface area contributed by atoms with E-state index in [1.54, 1.807) is 0 Å².